The van der Waals surface area contributed by atoms with Gasteiger partial charge in [0.1, 0.15) is 0 Å². The summed E-state index contributed by atoms with van der Waals surface area (Å²) in [6.07, 6.45) is 7.85. The van der Waals surface area contributed by atoms with Crippen LogP contribution >= 0.6 is 0 Å². The summed E-state index contributed by atoms with van der Waals surface area (Å²) < 4.78 is 5.85. The number of hydrogen-bond donors (Lipinski definition) is 1. The second kappa shape index (κ2) is 8.90. The van der Waals surface area contributed by atoms with Crippen LogP contribution in [0, 0.1) is 0 Å². The summed E-state index contributed by atoms with van der Waals surface area (Å²) in [6.45, 7) is 8.80. The van der Waals surface area contributed by atoms with Crippen molar-refractivity contribution < 1.29 is 4.74 Å². The Morgan fingerprint density at radius 1 is 1.41 bits per heavy atom. The van der Waals surface area contributed by atoms with Gasteiger partial charge >= 0.3 is 0 Å². The van der Waals surface area contributed by atoms with Gasteiger partial charge in [0.05, 0.1) is 6.10 Å². The highest BCUT2D eigenvalue weighted by molar-refractivity contribution is 4.73. The van der Waals surface area contributed by atoms with Crippen molar-refractivity contribution >= 4 is 0 Å². The quantitative estimate of drug-likeness (QED) is 0.664. The molecule has 0 aromatic heterocycles. The minimum Gasteiger partial charge on any atom is -0.377 e. The van der Waals surface area contributed by atoms with Gasteiger partial charge in [0.25, 0.3) is 0 Å². The first-order chi connectivity index (χ1) is 8.22. The molecule has 0 bridgehead atoms. The van der Waals surface area contributed by atoms with Crippen molar-refractivity contribution in [2.45, 2.75) is 64.5 Å². The average Bonchev–Trinajstić information content (AvgIpc) is 2.32. The van der Waals surface area contributed by atoms with E-state index < -0.39 is 0 Å². The van der Waals surface area contributed by atoms with E-state index in [9.17, 15) is 0 Å². The van der Waals surface area contributed by atoms with Crippen molar-refractivity contribution in [3.63, 3.8) is 0 Å². The van der Waals surface area contributed by atoms with E-state index in [1.807, 2.05) is 0 Å². The number of hydrogen-bond acceptors (Lipinski definition) is 3. The number of ether oxygens (including phenoxy) is 1. The lowest BCUT2D eigenvalue weighted by Gasteiger charge is -2.32. The number of nitrogens with two attached hydrogens (primary N) is 1. The zero-order valence-corrected chi connectivity index (χ0v) is 11.7. The minimum atomic E-state index is 0.358. The van der Waals surface area contributed by atoms with Crippen LogP contribution in [0.4, 0.5) is 0 Å². The van der Waals surface area contributed by atoms with E-state index in [0.29, 0.717) is 12.1 Å². The Labute approximate surface area is 107 Å². The van der Waals surface area contributed by atoms with Crippen LogP contribution in [0.25, 0.3) is 0 Å². The molecule has 3 nitrogen and oxygen atoms in total. The Kier molecular flexibility index (Phi) is 7.82. The number of piperidine rings is 1. The SMILES string of the molecule is CCCOC1CCCN(CCCCC(C)N)C1. The summed E-state index contributed by atoms with van der Waals surface area (Å²) in [5.41, 5.74) is 5.75. The maximum atomic E-state index is 5.85. The summed E-state index contributed by atoms with van der Waals surface area (Å²) in [4.78, 5) is 2.56. The smallest absolute Gasteiger partial charge is 0.0702 e. The molecular formula is C14H30N2O. The van der Waals surface area contributed by atoms with E-state index in [-0.39, 0.29) is 0 Å². The number of unbranched alkanes of at least 4 members (excludes halogenated alkanes) is 1. The van der Waals surface area contributed by atoms with Crippen LogP contribution in [-0.4, -0.2) is 43.3 Å². The van der Waals surface area contributed by atoms with Crippen LogP contribution < -0.4 is 5.73 Å². The van der Waals surface area contributed by atoms with Gasteiger partial charge in [-0.3, -0.25) is 0 Å². The van der Waals surface area contributed by atoms with Crippen LogP contribution in [0.15, 0.2) is 0 Å². The topological polar surface area (TPSA) is 38.5 Å². The molecule has 1 rings (SSSR count). The van der Waals surface area contributed by atoms with Gasteiger partial charge in [-0.15, -0.1) is 0 Å². The van der Waals surface area contributed by atoms with Gasteiger partial charge in [0.15, 0.2) is 0 Å². The second-order valence-corrected chi connectivity index (χ2v) is 5.41. The van der Waals surface area contributed by atoms with Crippen molar-refractivity contribution in [1.29, 1.82) is 0 Å². The van der Waals surface area contributed by atoms with Gasteiger partial charge in [-0.1, -0.05) is 13.3 Å². The maximum absolute atomic E-state index is 5.85. The van der Waals surface area contributed by atoms with E-state index in [1.54, 1.807) is 0 Å². The van der Waals surface area contributed by atoms with Gasteiger partial charge < -0.3 is 15.4 Å². The third kappa shape index (κ3) is 7.02. The summed E-state index contributed by atoms with van der Waals surface area (Å²) in [5, 5.41) is 0. The number of nitrogens with zero attached hydrogens (tertiary/aromatic N) is 1. The molecule has 0 saturated carbocycles. The van der Waals surface area contributed by atoms with Gasteiger partial charge in [-0.05, 0) is 52.1 Å². The molecule has 0 amide bonds. The molecular weight excluding hydrogens is 212 g/mol. The van der Waals surface area contributed by atoms with E-state index in [1.165, 1.54) is 38.8 Å². The third-order valence-corrected chi connectivity index (χ3v) is 3.40. The number of likely N-dealkylation sites (tertiary alicyclic amines) is 1. The summed E-state index contributed by atoms with van der Waals surface area (Å²) >= 11 is 0. The van der Waals surface area contributed by atoms with Crippen molar-refractivity contribution in [2.24, 2.45) is 5.73 Å². The van der Waals surface area contributed by atoms with Crippen LogP contribution in [0.1, 0.15) is 52.4 Å². The highest BCUT2D eigenvalue weighted by Gasteiger charge is 2.19. The predicted octanol–water partition coefficient (Wildman–Crippen LogP) is 2.39. The predicted molar refractivity (Wildman–Crippen MR) is 73.2 cm³/mol. The largest absolute Gasteiger partial charge is 0.377 e. The fourth-order valence-corrected chi connectivity index (χ4v) is 2.44. The van der Waals surface area contributed by atoms with Crippen LogP contribution in [0.2, 0.25) is 0 Å². The zero-order chi connectivity index (χ0) is 12.5. The Hall–Kier alpha value is -0.120. The molecule has 3 heteroatoms. The highest BCUT2D eigenvalue weighted by Crippen LogP contribution is 2.14. The molecule has 0 spiro atoms. The fourth-order valence-electron chi connectivity index (χ4n) is 2.44. The molecule has 2 atom stereocenters. The molecule has 17 heavy (non-hydrogen) atoms. The van der Waals surface area contributed by atoms with E-state index in [0.717, 1.165) is 26.0 Å². The van der Waals surface area contributed by atoms with Crippen molar-refractivity contribution in [2.75, 3.05) is 26.2 Å². The van der Waals surface area contributed by atoms with Crippen molar-refractivity contribution in [1.82, 2.24) is 4.90 Å². The van der Waals surface area contributed by atoms with Crippen LogP contribution in [0.5, 0.6) is 0 Å². The van der Waals surface area contributed by atoms with Crippen molar-refractivity contribution in [3.05, 3.63) is 0 Å². The standard InChI is InChI=1S/C14H30N2O/c1-3-11-17-14-8-6-10-16(12-14)9-5-4-7-13(2)15/h13-14H,3-12,15H2,1-2H3. The van der Waals surface area contributed by atoms with E-state index >= 15 is 0 Å². The molecule has 1 aliphatic rings. The molecule has 1 fully saturated rings. The highest BCUT2D eigenvalue weighted by atomic mass is 16.5. The van der Waals surface area contributed by atoms with E-state index in [4.69, 9.17) is 10.5 Å². The summed E-state index contributed by atoms with van der Waals surface area (Å²) in [6, 6.07) is 0.358. The first-order valence-electron chi connectivity index (χ1n) is 7.32. The minimum absolute atomic E-state index is 0.358. The number of rotatable bonds is 8. The first-order valence-corrected chi connectivity index (χ1v) is 7.32. The second-order valence-electron chi connectivity index (χ2n) is 5.41. The van der Waals surface area contributed by atoms with Gasteiger partial charge in [0, 0.05) is 19.2 Å². The Balaban J connectivity index is 2.07. The monoisotopic (exact) mass is 242 g/mol. The summed E-state index contributed by atoms with van der Waals surface area (Å²) in [7, 11) is 0. The molecule has 0 aromatic carbocycles. The summed E-state index contributed by atoms with van der Waals surface area (Å²) in [5.74, 6) is 0. The van der Waals surface area contributed by atoms with Crippen LogP contribution in [0.3, 0.4) is 0 Å². The molecule has 0 radical (unpaired) electrons. The molecule has 0 aliphatic carbocycles. The average molecular weight is 242 g/mol. The Bertz CT molecular complexity index is 185. The lowest BCUT2D eigenvalue weighted by molar-refractivity contribution is -0.000375. The lowest BCUT2D eigenvalue weighted by atomic mass is 10.1. The third-order valence-electron chi connectivity index (χ3n) is 3.40. The maximum Gasteiger partial charge on any atom is 0.0702 e. The molecule has 0 aromatic rings. The fraction of sp³-hybridized carbons (Fsp3) is 1.00. The normalized spacial score (nSPS) is 23.8. The van der Waals surface area contributed by atoms with E-state index in [2.05, 4.69) is 18.7 Å². The Morgan fingerprint density at radius 3 is 2.94 bits per heavy atom. The molecule has 2 unspecified atom stereocenters. The van der Waals surface area contributed by atoms with Crippen molar-refractivity contribution in [3.8, 4) is 0 Å². The van der Waals surface area contributed by atoms with Gasteiger partial charge in [-0.25, -0.2) is 0 Å². The molecule has 1 heterocycles. The zero-order valence-electron chi connectivity index (χ0n) is 11.7. The molecule has 2 N–H and O–H groups in total. The molecule has 1 saturated heterocycles. The lowest BCUT2D eigenvalue weighted by Crippen LogP contribution is -2.40. The first kappa shape index (κ1) is 14.9. The Morgan fingerprint density at radius 2 is 2.24 bits per heavy atom. The van der Waals surface area contributed by atoms with Gasteiger partial charge in [0.2, 0.25) is 0 Å². The van der Waals surface area contributed by atoms with Gasteiger partial charge in [-0.2, -0.15) is 0 Å². The molecule has 1 aliphatic heterocycles. The molecule has 102 valence electrons. The van der Waals surface area contributed by atoms with Crippen LogP contribution in [-0.2, 0) is 4.74 Å².